The van der Waals surface area contributed by atoms with Crippen LogP contribution < -0.4 is 10.6 Å². The Kier molecular flexibility index (Phi) is 6.46. The summed E-state index contributed by atoms with van der Waals surface area (Å²) in [5.74, 6) is -0.101. The maximum atomic E-state index is 11.9. The van der Waals surface area contributed by atoms with Crippen LogP contribution in [0.15, 0.2) is 48.5 Å². The lowest BCUT2D eigenvalue weighted by Gasteiger charge is -2.53. The lowest BCUT2D eigenvalue weighted by atomic mass is 9.65. The van der Waals surface area contributed by atoms with Gasteiger partial charge in [0.05, 0.1) is 22.2 Å². The number of Topliss-reactive ketones (excluding diaryl/α,β-unsaturated/α-hetero) is 1. The number of nitrogens with one attached hydrogen (secondary N) is 2. The largest absolute Gasteiger partial charge is 0.305 e. The number of hydrogen-bond acceptors (Lipinski definition) is 5. The Labute approximate surface area is 221 Å². The second kappa shape index (κ2) is 9.01. The molecule has 2 aliphatic heterocycles. The van der Waals surface area contributed by atoms with Crippen LogP contribution in [0.2, 0.25) is 0 Å². The molecule has 2 fully saturated rings. The third-order valence-corrected chi connectivity index (χ3v) is 11.3. The minimum atomic E-state index is -4.08. The van der Waals surface area contributed by atoms with Gasteiger partial charge in [-0.2, -0.15) is 8.42 Å². The van der Waals surface area contributed by atoms with Crippen LogP contribution in [0.4, 0.5) is 0 Å². The molecule has 0 saturated heterocycles. The van der Waals surface area contributed by atoms with Crippen LogP contribution in [0.1, 0.15) is 69.2 Å². The van der Waals surface area contributed by atoms with Crippen LogP contribution in [0.3, 0.4) is 0 Å². The molecule has 0 aromatic heterocycles. The fourth-order valence-electron chi connectivity index (χ4n) is 7.85. The fraction of sp³-hybridized carbons (Fsp3) is 0.567. The standard InChI is InChI=1S/C20H24N2.C10H16O4S/c1-19(17-9-5-3-7-15(17)11-13-21-19)20(2)18-10-6-4-8-16(18)12-14-22-20;1-9(2)7-3-4-10(9,8(11)5-7)6-15(12,13)14/h3-10,21-22H,11-14H2,1-2H3;7H,3-6H2,1-2H3,(H,12,13,14)/t19-,20-;7-,10-/m01/s1. The van der Waals surface area contributed by atoms with Gasteiger partial charge < -0.3 is 10.6 Å². The number of fused-ring (bicyclic) bond motifs is 4. The molecule has 4 atom stereocenters. The van der Waals surface area contributed by atoms with Gasteiger partial charge in [0.15, 0.2) is 0 Å². The second-order valence-electron chi connectivity index (χ2n) is 12.3. The van der Waals surface area contributed by atoms with E-state index in [4.69, 9.17) is 4.55 Å². The maximum absolute atomic E-state index is 11.9. The van der Waals surface area contributed by atoms with Crippen LogP contribution in [0.25, 0.3) is 0 Å². The average molecular weight is 525 g/mol. The van der Waals surface area contributed by atoms with Gasteiger partial charge >= 0.3 is 0 Å². The van der Waals surface area contributed by atoms with Gasteiger partial charge in [-0.3, -0.25) is 9.35 Å². The Hall–Kier alpha value is -2.06. The van der Waals surface area contributed by atoms with Crippen LogP contribution in [0.5, 0.6) is 0 Å². The normalized spacial score (nSPS) is 33.8. The van der Waals surface area contributed by atoms with Gasteiger partial charge in [0.2, 0.25) is 0 Å². The minimum Gasteiger partial charge on any atom is -0.305 e. The van der Waals surface area contributed by atoms with E-state index in [0.717, 1.165) is 32.4 Å². The lowest BCUT2D eigenvalue weighted by molar-refractivity contribution is -0.128. The third kappa shape index (κ3) is 4.10. The maximum Gasteiger partial charge on any atom is 0.265 e. The Morgan fingerprint density at radius 2 is 1.35 bits per heavy atom. The van der Waals surface area contributed by atoms with E-state index < -0.39 is 21.3 Å². The number of ketones is 1. The highest BCUT2D eigenvalue weighted by molar-refractivity contribution is 7.85. The Morgan fingerprint density at radius 3 is 1.76 bits per heavy atom. The summed E-state index contributed by atoms with van der Waals surface area (Å²) < 4.78 is 31.0. The first-order valence-corrected chi connectivity index (χ1v) is 15.1. The second-order valence-corrected chi connectivity index (χ2v) is 13.8. The fourth-order valence-corrected chi connectivity index (χ4v) is 9.15. The van der Waals surface area contributed by atoms with Crippen molar-refractivity contribution < 1.29 is 17.8 Å². The summed E-state index contributed by atoms with van der Waals surface area (Å²) in [5.41, 5.74) is 4.52. The van der Waals surface area contributed by atoms with Crippen LogP contribution >= 0.6 is 0 Å². The molecule has 37 heavy (non-hydrogen) atoms. The van der Waals surface area contributed by atoms with Crippen molar-refractivity contribution in [2.75, 3.05) is 18.8 Å². The molecule has 2 aromatic carbocycles. The first kappa shape index (κ1) is 26.5. The quantitative estimate of drug-likeness (QED) is 0.516. The average Bonchev–Trinajstić information content (AvgIpc) is 3.18. The molecule has 2 aromatic rings. The topological polar surface area (TPSA) is 95.5 Å². The third-order valence-electron chi connectivity index (χ3n) is 10.4. The van der Waals surface area contributed by atoms with Gasteiger partial charge in [0.25, 0.3) is 10.1 Å². The molecule has 2 heterocycles. The molecule has 6 nitrogen and oxygen atoms in total. The highest BCUT2D eigenvalue weighted by Crippen LogP contribution is 2.64. The predicted molar refractivity (Wildman–Crippen MR) is 146 cm³/mol. The van der Waals surface area contributed by atoms with Crippen molar-refractivity contribution in [2.24, 2.45) is 16.7 Å². The van der Waals surface area contributed by atoms with E-state index in [1.165, 1.54) is 22.3 Å². The monoisotopic (exact) mass is 524 g/mol. The van der Waals surface area contributed by atoms with Gasteiger partial charge in [0, 0.05) is 19.5 Å². The molecule has 2 bridgehead atoms. The SMILES string of the molecule is CC1(C)[C@@H]2CC[C@@]1(CS(=O)(=O)O)C(=O)C2.C[C@]1([C@@]2(C)NCCc3ccccc32)NCCc2ccccc21. The molecule has 0 amide bonds. The van der Waals surface area contributed by atoms with Crippen LogP contribution in [-0.2, 0) is 38.8 Å². The van der Waals surface area contributed by atoms with Gasteiger partial charge in [-0.05, 0) is 73.1 Å². The number of carbonyl (C=O) groups is 1. The Balaban J connectivity index is 0.000000164. The van der Waals surface area contributed by atoms with E-state index in [0.29, 0.717) is 12.8 Å². The zero-order valence-corrected chi connectivity index (χ0v) is 23.2. The van der Waals surface area contributed by atoms with E-state index in [-0.39, 0.29) is 28.2 Å². The zero-order chi connectivity index (χ0) is 26.7. The highest BCUT2D eigenvalue weighted by atomic mass is 32.2. The van der Waals surface area contributed by atoms with Crippen molar-refractivity contribution in [1.29, 1.82) is 0 Å². The first-order valence-electron chi connectivity index (χ1n) is 13.5. The van der Waals surface area contributed by atoms with Gasteiger partial charge in [-0.25, -0.2) is 0 Å². The van der Waals surface area contributed by atoms with Crippen LogP contribution in [-0.4, -0.2) is 37.6 Å². The number of carbonyl (C=O) groups excluding carboxylic acids is 1. The first-order chi connectivity index (χ1) is 17.3. The summed E-state index contributed by atoms with van der Waals surface area (Å²) in [6, 6.07) is 17.8. The molecule has 3 N–H and O–H groups in total. The molecular weight excluding hydrogens is 484 g/mol. The molecule has 2 aliphatic carbocycles. The molecule has 0 unspecified atom stereocenters. The van der Waals surface area contributed by atoms with E-state index >= 15 is 0 Å². The van der Waals surface area contributed by atoms with E-state index in [1.54, 1.807) is 0 Å². The van der Waals surface area contributed by atoms with Gasteiger partial charge in [0.1, 0.15) is 5.78 Å². The highest BCUT2D eigenvalue weighted by Gasteiger charge is 2.65. The van der Waals surface area contributed by atoms with Crippen LogP contribution in [0, 0.1) is 16.7 Å². The smallest absolute Gasteiger partial charge is 0.265 e. The van der Waals surface area contributed by atoms with Gasteiger partial charge in [-0.1, -0.05) is 62.4 Å². The van der Waals surface area contributed by atoms with Gasteiger partial charge in [-0.15, -0.1) is 0 Å². The van der Waals surface area contributed by atoms with Crippen molar-refractivity contribution in [3.05, 3.63) is 70.8 Å². The molecule has 2 saturated carbocycles. The summed E-state index contributed by atoms with van der Waals surface area (Å²) in [6.45, 7) is 10.7. The van der Waals surface area contributed by atoms with Crippen molar-refractivity contribution in [3.8, 4) is 0 Å². The van der Waals surface area contributed by atoms with Crippen molar-refractivity contribution in [3.63, 3.8) is 0 Å². The molecule has 0 spiro atoms. The molecule has 6 rings (SSSR count). The molecule has 0 radical (unpaired) electrons. The van der Waals surface area contributed by atoms with Crippen molar-refractivity contribution in [1.82, 2.24) is 10.6 Å². The number of rotatable bonds is 3. The molecule has 7 heteroatoms. The summed E-state index contributed by atoms with van der Waals surface area (Å²) in [7, 11) is -4.08. The lowest BCUT2D eigenvalue weighted by Crippen LogP contribution is -2.65. The summed E-state index contributed by atoms with van der Waals surface area (Å²) in [4.78, 5) is 11.9. The van der Waals surface area contributed by atoms with E-state index in [2.05, 4.69) is 73.0 Å². The molecular formula is C30H40N2O4S. The number of benzene rings is 2. The summed E-state index contributed by atoms with van der Waals surface area (Å²) in [5, 5.41) is 7.68. The summed E-state index contributed by atoms with van der Waals surface area (Å²) in [6.07, 6.45) is 4.20. The Morgan fingerprint density at radius 1 is 0.865 bits per heavy atom. The van der Waals surface area contributed by atoms with E-state index in [9.17, 15) is 13.2 Å². The summed E-state index contributed by atoms with van der Waals surface area (Å²) >= 11 is 0. The minimum absolute atomic E-state index is 0.0152. The van der Waals surface area contributed by atoms with E-state index in [1.807, 2.05) is 13.8 Å². The van der Waals surface area contributed by atoms with Crippen molar-refractivity contribution in [2.45, 2.75) is 70.9 Å². The Bertz CT molecular complexity index is 1260. The molecule has 4 aliphatic rings. The zero-order valence-electron chi connectivity index (χ0n) is 22.4. The predicted octanol–water partition coefficient (Wildman–Crippen LogP) is 4.38. The van der Waals surface area contributed by atoms with Crippen molar-refractivity contribution >= 4 is 15.9 Å². The molecule has 200 valence electrons. The number of hydrogen-bond donors (Lipinski definition) is 3.